The van der Waals surface area contributed by atoms with E-state index in [0.717, 1.165) is 32.8 Å². The van der Waals surface area contributed by atoms with Crippen molar-refractivity contribution in [3.05, 3.63) is 82.6 Å². The molecule has 0 aliphatic heterocycles. The zero-order valence-corrected chi connectivity index (χ0v) is 16.7. The summed E-state index contributed by atoms with van der Waals surface area (Å²) in [4.78, 5) is 22.1. The average molecular weight is 401 g/mol. The van der Waals surface area contributed by atoms with Gasteiger partial charge in [0, 0.05) is 5.39 Å². The number of fused-ring (bicyclic) bond motifs is 2. The van der Waals surface area contributed by atoms with Crippen molar-refractivity contribution in [2.75, 3.05) is 0 Å². The highest BCUT2D eigenvalue weighted by atomic mass is 32.1. The Bertz CT molecular complexity index is 1280. The topological polar surface area (TPSA) is 75.6 Å². The molecule has 0 fully saturated rings. The van der Waals surface area contributed by atoms with Crippen molar-refractivity contribution in [1.82, 2.24) is 25.1 Å². The molecule has 2 N–H and O–H groups in total. The van der Waals surface area contributed by atoms with Gasteiger partial charge in [0.15, 0.2) is 0 Å². The first-order valence-electron chi connectivity index (χ1n) is 9.40. The lowest BCUT2D eigenvalue weighted by Crippen LogP contribution is -2.22. The van der Waals surface area contributed by atoms with E-state index in [0.29, 0.717) is 18.0 Å². The third-order valence-corrected chi connectivity index (χ3v) is 6.01. The van der Waals surface area contributed by atoms with Gasteiger partial charge in [-0.25, -0.2) is 4.98 Å². The summed E-state index contributed by atoms with van der Waals surface area (Å²) in [6.45, 7) is 3.02. The summed E-state index contributed by atoms with van der Waals surface area (Å²) in [6.07, 6.45) is 0. The van der Waals surface area contributed by atoms with Crippen molar-refractivity contribution in [2.24, 2.45) is 0 Å². The van der Waals surface area contributed by atoms with Crippen LogP contribution in [-0.4, -0.2) is 25.7 Å². The summed E-state index contributed by atoms with van der Waals surface area (Å²) in [5.74, 6) is 0.643. The summed E-state index contributed by atoms with van der Waals surface area (Å²) in [6, 6.07) is 20.0. The summed E-state index contributed by atoms with van der Waals surface area (Å²) in [5, 5.41) is 8.63. The number of rotatable bonds is 5. The predicted octanol–water partition coefficient (Wildman–Crippen LogP) is 4.26. The maximum absolute atomic E-state index is 12.7. The Kier molecular flexibility index (Phi) is 4.37. The van der Waals surface area contributed by atoms with Crippen LogP contribution in [0.4, 0.5) is 0 Å². The van der Waals surface area contributed by atoms with Gasteiger partial charge in [-0.05, 0) is 30.7 Å². The van der Waals surface area contributed by atoms with E-state index in [1.165, 1.54) is 16.9 Å². The van der Waals surface area contributed by atoms with Crippen LogP contribution in [0.15, 0.2) is 60.7 Å². The first-order valence-corrected chi connectivity index (χ1v) is 10.2. The van der Waals surface area contributed by atoms with Crippen LogP contribution in [0.5, 0.6) is 0 Å². The number of carbonyl (C=O) groups excluding carboxylic acids is 1. The largest absolute Gasteiger partial charge is 0.344 e. The molecule has 5 rings (SSSR count). The molecule has 3 heterocycles. The van der Waals surface area contributed by atoms with Gasteiger partial charge in [0.2, 0.25) is 0 Å². The quantitative estimate of drug-likeness (QED) is 0.462. The van der Waals surface area contributed by atoms with Gasteiger partial charge in [0.25, 0.3) is 5.91 Å². The highest BCUT2D eigenvalue weighted by molar-refractivity contribution is 7.20. The molecule has 1 amide bonds. The van der Waals surface area contributed by atoms with E-state index in [4.69, 9.17) is 0 Å². The van der Waals surface area contributed by atoms with Gasteiger partial charge >= 0.3 is 0 Å². The Balaban J connectivity index is 1.35. The van der Waals surface area contributed by atoms with Crippen molar-refractivity contribution in [1.29, 1.82) is 0 Å². The molecule has 0 saturated carbocycles. The fourth-order valence-electron chi connectivity index (χ4n) is 3.43. The third kappa shape index (κ3) is 3.40. The molecule has 2 aromatic carbocycles. The lowest BCUT2D eigenvalue weighted by molar-refractivity contribution is 0.0954. The first-order chi connectivity index (χ1) is 14.2. The van der Waals surface area contributed by atoms with Gasteiger partial charge in [0.1, 0.15) is 10.7 Å². The SMILES string of the molecule is Cc1nn(Cc2ccccc2)c2sc(C(=O)NCc3nc4ccccc4[nH]3)cc12. The molecule has 0 radical (unpaired) electrons. The van der Waals surface area contributed by atoms with Crippen molar-refractivity contribution in [2.45, 2.75) is 20.0 Å². The minimum Gasteiger partial charge on any atom is -0.344 e. The van der Waals surface area contributed by atoms with Gasteiger partial charge in [-0.15, -0.1) is 11.3 Å². The normalized spacial score (nSPS) is 11.3. The van der Waals surface area contributed by atoms with Crippen LogP contribution < -0.4 is 5.32 Å². The van der Waals surface area contributed by atoms with Crippen LogP contribution >= 0.6 is 11.3 Å². The van der Waals surface area contributed by atoms with Gasteiger partial charge < -0.3 is 10.3 Å². The molecule has 3 aromatic heterocycles. The fourth-order valence-corrected chi connectivity index (χ4v) is 4.51. The molecule has 7 heteroatoms. The Morgan fingerprint density at radius 2 is 1.93 bits per heavy atom. The number of H-pyrrole nitrogens is 1. The minimum atomic E-state index is -0.0997. The lowest BCUT2D eigenvalue weighted by atomic mass is 10.2. The number of para-hydroxylation sites is 2. The van der Waals surface area contributed by atoms with E-state index >= 15 is 0 Å². The maximum Gasteiger partial charge on any atom is 0.261 e. The number of aromatic nitrogens is 4. The van der Waals surface area contributed by atoms with Crippen molar-refractivity contribution >= 4 is 38.5 Å². The number of aromatic amines is 1. The van der Waals surface area contributed by atoms with Crippen molar-refractivity contribution in [3.8, 4) is 0 Å². The van der Waals surface area contributed by atoms with Gasteiger partial charge in [-0.2, -0.15) is 5.10 Å². The second-order valence-electron chi connectivity index (χ2n) is 6.94. The molecule has 6 nitrogen and oxygen atoms in total. The van der Waals surface area contributed by atoms with Crippen molar-refractivity contribution in [3.63, 3.8) is 0 Å². The first kappa shape index (κ1) is 17.6. The highest BCUT2D eigenvalue weighted by Gasteiger charge is 2.17. The number of amides is 1. The molecule has 5 aromatic rings. The summed E-state index contributed by atoms with van der Waals surface area (Å²) < 4.78 is 1.97. The minimum absolute atomic E-state index is 0.0997. The Morgan fingerprint density at radius 3 is 2.76 bits per heavy atom. The fraction of sp³-hybridized carbons (Fsp3) is 0.136. The molecule has 0 saturated heterocycles. The summed E-state index contributed by atoms with van der Waals surface area (Å²) in [5.41, 5.74) is 3.98. The van der Waals surface area contributed by atoms with Crippen LogP contribution in [0.1, 0.15) is 26.8 Å². The number of hydrogen-bond donors (Lipinski definition) is 2. The molecular formula is C22H19N5OS. The molecule has 29 heavy (non-hydrogen) atoms. The average Bonchev–Trinajstić information content (AvgIpc) is 3.42. The van der Waals surface area contributed by atoms with E-state index in [-0.39, 0.29) is 5.91 Å². The smallest absolute Gasteiger partial charge is 0.261 e. The maximum atomic E-state index is 12.7. The second-order valence-corrected chi connectivity index (χ2v) is 7.97. The monoisotopic (exact) mass is 401 g/mol. The number of benzene rings is 2. The Labute approximate surface area is 171 Å². The van der Waals surface area contributed by atoms with E-state index in [2.05, 4.69) is 32.5 Å². The number of hydrogen-bond acceptors (Lipinski definition) is 4. The van der Waals surface area contributed by atoms with Crippen LogP contribution in [-0.2, 0) is 13.1 Å². The standard InChI is InChI=1S/C22H19N5OS/c1-14-16-11-19(29-22(16)27(26-14)13-15-7-3-2-4-8-15)21(28)23-12-20-24-17-9-5-6-10-18(17)25-20/h2-11H,12-13H2,1H3,(H,23,28)(H,24,25). The van der Waals surface area contributed by atoms with E-state index in [1.54, 1.807) is 0 Å². The summed E-state index contributed by atoms with van der Waals surface area (Å²) in [7, 11) is 0. The van der Waals surface area contributed by atoms with Crippen molar-refractivity contribution < 1.29 is 4.79 Å². The molecule has 0 aliphatic rings. The molecule has 0 atom stereocenters. The number of aryl methyl sites for hydroxylation is 1. The van der Waals surface area contributed by atoms with Crippen LogP contribution in [0.25, 0.3) is 21.3 Å². The van der Waals surface area contributed by atoms with Crippen LogP contribution in [0.2, 0.25) is 0 Å². The Hall–Kier alpha value is -3.45. The molecular weight excluding hydrogens is 382 g/mol. The van der Waals surface area contributed by atoms with E-state index < -0.39 is 0 Å². The number of nitrogens with zero attached hydrogens (tertiary/aromatic N) is 3. The lowest BCUT2D eigenvalue weighted by Gasteiger charge is -2.03. The number of nitrogens with one attached hydrogen (secondary N) is 2. The zero-order valence-electron chi connectivity index (χ0n) is 15.8. The number of carbonyl (C=O) groups is 1. The highest BCUT2D eigenvalue weighted by Crippen LogP contribution is 2.29. The van der Waals surface area contributed by atoms with Gasteiger partial charge in [-0.1, -0.05) is 42.5 Å². The molecule has 0 spiro atoms. The molecule has 0 bridgehead atoms. The summed E-state index contributed by atoms with van der Waals surface area (Å²) >= 11 is 1.47. The second kappa shape index (κ2) is 7.18. The zero-order chi connectivity index (χ0) is 19.8. The molecule has 144 valence electrons. The van der Waals surface area contributed by atoms with E-state index in [1.807, 2.05) is 60.1 Å². The number of imidazole rings is 1. The Morgan fingerprint density at radius 1 is 1.14 bits per heavy atom. The van der Waals surface area contributed by atoms with Gasteiger partial charge in [-0.3, -0.25) is 9.48 Å². The molecule has 0 aliphatic carbocycles. The number of thiophene rings is 1. The third-order valence-electron chi connectivity index (χ3n) is 4.86. The predicted molar refractivity (Wildman–Crippen MR) is 115 cm³/mol. The molecule has 0 unspecified atom stereocenters. The van der Waals surface area contributed by atoms with Crippen LogP contribution in [0, 0.1) is 6.92 Å². The van der Waals surface area contributed by atoms with Crippen LogP contribution in [0.3, 0.4) is 0 Å². The van der Waals surface area contributed by atoms with Gasteiger partial charge in [0.05, 0.1) is 34.7 Å². The van der Waals surface area contributed by atoms with E-state index in [9.17, 15) is 4.79 Å².